The van der Waals surface area contributed by atoms with E-state index in [1.807, 2.05) is 13.8 Å². The first-order valence-corrected chi connectivity index (χ1v) is 16.1. The fourth-order valence-corrected chi connectivity index (χ4v) is 6.26. The van der Waals surface area contributed by atoms with Gasteiger partial charge in [0, 0.05) is 28.7 Å². The standard InChI is InChI=1S/C31H36Cl2FN3O5S/c1-5-29(31(39)35-18-21(3)4)36(19-26-27(32)8-7-9-28(26)33)30(38)20-37(23-12-10-22(34)11-13-23)43(40,41)25-16-14-24(15-17-25)42-6-2/h7-17,21,29H,5-6,18-20H2,1-4H3,(H,35,39). The fourth-order valence-electron chi connectivity index (χ4n) is 4.33. The van der Waals surface area contributed by atoms with Crippen LogP contribution in [-0.2, 0) is 26.2 Å². The van der Waals surface area contributed by atoms with Crippen LogP contribution < -0.4 is 14.4 Å². The molecule has 43 heavy (non-hydrogen) atoms. The van der Waals surface area contributed by atoms with Crippen molar-refractivity contribution in [3.63, 3.8) is 0 Å². The Kier molecular flexibility index (Phi) is 12.2. The Balaban J connectivity index is 2.07. The SMILES string of the molecule is CCOc1ccc(S(=O)(=O)N(CC(=O)N(Cc2c(Cl)cccc2Cl)C(CC)C(=O)NCC(C)C)c2ccc(F)cc2)cc1. The first kappa shape index (κ1) is 34.2. The Morgan fingerprint density at radius 2 is 1.56 bits per heavy atom. The van der Waals surface area contributed by atoms with Crippen LogP contribution in [0.15, 0.2) is 71.6 Å². The summed E-state index contributed by atoms with van der Waals surface area (Å²) in [6.45, 7) is 7.40. The van der Waals surface area contributed by atoms with Gasteiger partial charge >= 0.3 is 0 Å². The average molecular weight is 653 g/mol. The van der Waals surface area contributed by atoms with Gasteiger partial charge in [0.1, 0.15) is 24.2 Å². The summed E-state index contributed by atoms with van der Waals surface area (Å²) >= 11 is 12.9. The molecule has 1 unspecified atom stereocenters. The number of hydrogen-bond acceptors (Lipinski definition) is 5. The third-order valence-corrected chi connectivity index (χ3v) is 9.07. The van der Waals surface area contributed by atoms with E-state index in [0.717, 1.165) is 16.4 Å². The van der Waals surface area contributed by atoms with Crippen molar-refractivity contribution < 1.29 is 27.1 Å². The molecule has 0 heterocycles. The summed E-state index contributed by atoms with van der Waals surface area (Å²) in [5.41, 5.74) is 0.480. The van der Waals surface area contributed by atoms with E-state index in [0.29, 0.717) is 34.5 Å². The zero-order valence-electron chi connectivity index (χ0n) is 24.5. The Morgan fingerprint density at radius 1 is 0.953 bits per heavy atom. The molecule has 8 nitrogen and oxygen atoms in total. The van der Waals surface area contributed by atoms with E-state index in [2.05, 4.69) is 5.32 Å². The second-order valence-corrected chi connectivity index (χ2v) is 12.9. The van der Waals surface area contributed by atoms with E-state index < -0.39 is 40.2 Å². The monoisotopic (exact) mass is 651 g/mol. The molecule has 0 aromatic heterocycles. The average Bonchev–Trinajstić information content (AvgIpc) is 2.97. The van der Waals surface area contributed by atoms with E-state index in [-0.39, 0.29) is 29.5 Å². The van der Waals surface area contributed by atoms with Crippen molar-refractivity contribution >= 4 is 50.7 Å². The summed E-state index contributed by atoms with van der Waals surface area (Å²) in [6, 6.07) is 14.5. The number of nitrogens with zero attached hydrogens (tertiary/aromatic N) is 2. The lowest BCUT2D eigenvalue weighted by molar-refractivity contribution is -0.140. The van der Waals surface area contributed by atoms with Crippen LogP contribution in [0.4, 0.5) is 10.1 Å². The third-order valence-electron chi connectivity index (χ3n) is 6.58. The van der Waals surface area contributed by atoms with E-state index in [1.165, 1.54) is 41.3 Å². The first-order chi connectivity index (χ1) is 20.4. The maximum Gasteiger partial charge on any atom is 0.264 e. The highest BCUT2D eigenvalue weighted by molar-refractivity contribution is 7.92. The molecule has 232 valence electrons. The summed E-state index contributed by atoms with van der Waals surface area (Å²) < 4.78 is 48.1. The van der Waals surface area contributed by atoms with Gasteiger partial charge in [-0.1, -0.05) is 50.0 Å². The van der Waals surface area contributed by atoms with Crippen molar-refractivity contribution in [1.29, 1.82) is 0 Å². The number of carbonyl (C=O) groups is 2. The first-order valence-electron chi connectivity index (χ1n) is 13.9. The number of amides is 2. The Hall–Kier alpha value is -3.34. The van der Waals surface area contributed by atoms with Gasteiger partial charge in [0.05, 0.1) is 17.2 Å². The number of halogens is 3. The second-order valence-electron chi connectivity index (χ2n) is 10.2. The highest BCUT2D eigenvalue weighted by Gasteiger charge is 2.34. The number of ether oxygens (including phenoxy) is 1. The van der Waals surface area contributed by atoms with Crippen LogP contribution >= 0.6 is 23.2 Å². The van der Waals surface area contributed by atoms with Gasteiger partial charge in [0.15, 0.2) is 0 Å². The molecule has 0 spiro atoms. The molecule has 2 amide bonds. The second kappa shape index (κ2) is 15.4. The molecule has 0 aliphatic carbocycles. The number of carbonyl (C=O) groups excluding carboxylic acids is 2. The number of sulfonamides is 1. The van der Waals surface area contributed by atoms with Crippen LogP contribution in [0.3, 0.4) is 0 Å². The molecule has 12 heteroatoms. The number of anilines is 1. The molecule has 3 aromatic rings. The van der Waals surface area contributed by atoms with Crippen LogP contribution in [0.1, 0.15) is 39.7 Å². The molecular weight excluding hydrogens is 616 g/mol. The minimum absolute atomic E-state index is 0.0664. The lowest BCUT2D eigenvalue weighted by Gasteiger charge is -2.33. The molecule has 1 atom stereocenters. The van der Waals surface area contributed by atoms with Crippen LogP contribution in [0.5, 0.6) is 5.75 Å². The van der Waals surface area contributed by atoms with Crippen molar-refractivity contribution in [2.75, 3.05) is 24.0 Å². The minimum atomic E-state index is -4.34. The Morgan fingerprint density at radius 3 is 2.09 bits per heavy atom. The van der Waals surface area contributed by atoms with E-state index in [9.17, 15) is 22.4 Å². The largest absolute Gasteiger partial charge is 0.494 e. The third kappa shape index (κ3) is 8.84. The maximum absolute atomic E-state index is 14.1. The van der Waals surface area contributed by atoms with Gasteiger partial charge in [-0.2, -0.15) is 0 Å². The topological polar surface area (TPSA) is 96.0 Å². The smallest absolute Gasteiger partial charge is 0.264 e. The zero-order chi connectivity index (χ0) is 31.7. The molecule has 0 aliphatic rings. The summed E-state index contributed by atoms with van der Waals surface area (Å²) in [4.78, 5) is 28.6. The van der Waals surface area contributed by atoms with Crippen molar-refractivity contribution in [1.82, 2.24) is 10.2 Å². The molecule has 0 radical (unpaired) electrons. The van der Waals surface area contributed by atoms with Gasteiger partial charge < -0.3 is 15.0 Å². The molecule has 0 bridgehead atoms. The molecule has 3 aromatic carbocycles. The predicted octanol–water partition coefficient (Wildman–Crippen LogP) is 6.31. The molecule has 0 aliphatic heterocycles. The maximum atomic E-state index is 14.1. The summed E-state index contributed by atoms with van der Waals surface area (Å²) in [6.07, 6.45) is 0.236. The van der Waals surface area contributed by atoms with Gasteiger partial charge in [-0.05, 0) is 79.9 Å². The number of hydrogen-bond donors (Lipinski definition) is 1. The fraction of sp³-hybridized carbons (Fsp3) is 0.355. The zero-order valence-corrected chi connectivity index (χ0v) is 26.8. The Labute approximate surface area is 262 Å². The normalized spacial score (nSPS) is 12.1. The van der Waals surface area contributed by atoms with Crippen LogP contribution in [0.2, 0.25) is 10.0 Å². The van der Waals surface area contributed by atoms with Gasteiger partial charge in [0.2, 0.25) is 11.8 Å². The molecule has 1 N–H and O–H groups in total. The number of benzene rings is 3. The van der Waals surface area contributed by atoms with Crippen LogP contribution in [-0.4, -0.2) is 50.9 Å². The molecule has 0 saturated heterocycles. The molecule has 3 rings (SSSR count). The highest BCUT2D eigenvalue weighted by atomic mass is 35.5. The van der Waals surface area contributed by atoms with E-state index >= 15 is 0 Å². The Bertz CT molecular complexity index is 1480. The van der Waals surface area contributed by atoms with Gasteiger partial charge in [-0.25, -0.2) is 12.8 Å². The quantitative estimate of drug-likeness (QED) is 0.221. The summed E-state index contributed by atoms with van der Waals surface area (Å²) in [5.74, 6) is -1.00. The lowest BCUT2D eigenvalue weighted by Crippen LogP contribution is -2.52. The van der Waals surface area contributed by atoms with Crippen molar-refractivity contribution in [2.45, 2.75) is 51.6 Å². The van der Waals surface area contributed by atoms with Crippen LogP contribution in [0, 0.1) is 11.7 Å². The molecular formula is C31H36Cl2FN3O5S. The lowest BCUT2D eigenvalue weighted by atomic mass is 10.1. The van der Waals surface area contributed by atoms with Crippen molar-refractivity contribution in [2.24, 2.45) is 5.92 Å². The van der Waals surface area contributed by atoms with E-state index in [4.69, 9.17) is 27.9 Å². The molecule has 0 fully saturated rings. The van der Waals surface area contributed by atoms with E-state index in [1.54, 1.807) is 32.0 Å². The van der Waals surface area contributed by atoms with Gasteiger partial charge in [0.25, 0.3) is 10.0 Å². The van der Waals surface area contributed by atoms with Gasteiger partial charge in [-0.15, -0.1) is 0 Å². The molecule has 0 saturated carbocycles. The number of nitrogens with one attached hydrogen (secondary N) is 1. The summed E-state index contributed by atoms with van der Waals surface area (Å²) in [5, 5.41) is 3.45. The highest BCUT2D eigenvalue weighted by Crippen LogP contribution is 2.29. The van der Waals surface area contributed by atoms with Crippen molar-refractivity contribution in [3.8, 4) is 5.75 Å². The van der Waals surface area contributed by atoms with Gasteiger partial charge in [-0.3, -0.25) is 13.9 Å². The number of rotatable bonds is 14. The van der Waals surface area contributed by atoms with Crippen LogP contribution in [0.25, 0.3) is 0 Å². The predicted molar refractivity (Wildman–Crippen MR) is 167 cm³/mol. The minimum Gasteiger partial charge on any atom is -0.494 e. The summed E-state index contributed by atoms with van der Waals surface area (Å²) in [7, 11) is -4.34. The van der Waals surface area contributed by atoms with Crippen molar-refractivity contribution in [3.05, 3.63) is 88.2 Å².